The Morgan fingerprint density at radius 3 is 2.15 bits per heavy atom. The highest BCUT2D eigenvalue weighted by Gasteiger charge is 2.42. The van der Waals surface area contributed by atoms with Crippen LogP contribution in [-0.4, -0.2) is 35.1 Å². The zero-order valence-electron chi connectivity index (χ0n) is 13.4. The summed E-state index contributed by atoms with van der Waals surface area (Å²) in [5.74, 6) is 1.08. The minimum Gasteiger partial charge on any atom is -0.481 e. The van der Waals surface area contributed by atoms with Gasteiger partial charge < -0.3 is 10.0 Å². The summed E-state index contributed by atoms with van der Waals surface area (Å²) in [5, 5.41) is 9.58. The summed E-state index contributed by atoms with van der Waals surface area (Å²) in [6, 6.07) is 0.696. The minimum atomic E-state index is -0.565. The van der Waals surface area contributed by atoms with Crippen molar-refractivity contribution in [3.05, 3.63) is 0 Å². The van der Waals surface area contributed by atoms with Crippen LogP contribution in [-0.2, 0) is 4.79 Å². The fraction of sp³-hybridized carbons (Fsp3) is 0.941. The number of rotatable bonds is 4. The standard InChI is InChI=1S/C17H31NO2/c1-4-5-17(16(19)20)6-8-18(9-7-17)15-11-13(2)10-14(3)12-15/h13-15H,4-12H2,1-3H3,(H,19,20). The van der Waals surface area contributed by atoms with Crippen LogP contribution in [0.4, 0.5) is 0 Å². The smallest absolute Gasteiger partial charge is 0.309 e. The highest BCUT2D eigenvalue weighted by Crippen LogP contribution is 2.39. The molecule has 1 saturated heterocycles. The maximum Gasteiger partial charge on any atom is 0.309 e. The number of piperidine rings is 1. The van der Waals surface area contributed by atoms with E-state index < -0.39 is 11.4 Å². The maximum atomic E-state index is 11.6. The monoisotopic (exact) mass is 281 g/mol. The molecule has 2 unspecified atom stereocenters. The van der Waals surface area contributed by atoms with Crippen LogP contribution >= 0.6 is 0 Å². The average Bonchev–Trinajstić information content (AvgIpc) is 2.38. The summed E-state index contributed by atoms with van der Waals surface area (Å²) in [4.78, 5) is 14.2. The Hall–Kier alpha value is -0.570. The van der Waals surface area contributed by atoms with Crippen molar-refractivity contribution in [1.82, 2.24) is 4.90 Å². The molecule has 116 valence electrons. The average molecular weight is 281 g/mol. The van der Waals surface area contributed by atoms with Gasteiger partial charge in [-0.1, -0.05) is 27.2 Å². The van der Waals surface area contributed by atoms with Crippen molar-refractivity contribution < 1.29 is 9.90 Å². The minimum absolute atomic E-state index is 0.433. The summed E-state index contributed by atoms with van der Waals surface area (Å²) in [6.07, 6.45) is 7.47. The van der Waals surface area contributed by atoms with E-state index in [9.17, 15) is 9.90 Å². The van der Waals surface area contributed by atoms with E-state index in [1.165, 1.54) is 19.3 Å². The number of aliphatic carboxylic acids is 1. The Morgan fingerprint density at radius 2 is 1.70 bits per heavy atom. The molecule has 1 heterocycles. The van der Waals surface area contributed by atoms with Crippen LogP contribution in [0.2, 0.25) is 0 Å². The maximum absolute atomic E-state index is 11.6. The fourth-order valence-corrected chi connectivity index (χ4v) is 4.57. The number of hydrogen-bond donors (Lipinski definition) is 1. The normalized spacial score (nSPS) is 34.9. The predicted octanol–water partition coefficient (Wildman–Crippen LogP) is 3.78. The van der Waals surface area contributed by atoms with E-state index in [1.54, 1.807) is 0 Å². The van der Waals surface area contributed by atoms with Gasteiger partial charge in [-0.25, -0.2) is 0 Å². The third kappa shape index (κ3) is 3.36. The van der Waals surface area contributed by atoms with Crippen LogP contribution in [0, 0.1) is 17.3 Å². The summed E-state index contributed by atoms with van der Waals surface area (Å²) in [5.41, 5.74) is -0.433. The van der Waals surface area contributed by atoms with Gasteiger partial charge in [0, 0.05) is 6.04 Å². The number of carboxylic acid groups (broad SMARTS) is 1. The van der Waals surface area contributed by atoms with Crippen LogP contribution in [0.5, 0.6) is 0 Å². The van der Waals surface area contributed by atoms with Crippen molar-refractivity contribution in [2.24, 2.45) is 17.3 Å². The summed E-state index contributed by atoms with van der Waals surface area (Å²) in [7, 11) is 0. The van der Waals surface area contributed by atoms with Crippen LogP contribution in [0.1, 0.15) is 65.7 Å². The third-order valence-corrected chi connectivity index (χ3v) is 5.61. The van der Waals surface area contributed by atoms with E-state index in [0.717, 1.165) is 50.6 Å². The van der Waals surface area contributed by atoms with Crippen LogP contribution in [0.25, 0.3) is 0 Å². The Labute approximate surface area is 123 Å². The van der Waals surface area contributed by atoms with Gasteiger partial charge in [0.15, 0.2) is 0 Å². The quantitative estimate of drug-likeness (QED) is 0.852. The van der Waals surface area contributed by atoms with Gasteiger partial charge in [-0.15, -0.1) is 0 Å². The first-order valence-electron chi connectivity index (χ1n) is 8.44. The molecule has 1 saturated carbocycles. The molecule has 3 nitrogen and oxygen atoms in total. The number of carbonyl (C=O) groups is 1. The van der Waals surface area contributed by atoms with Gasteiger partial charge >= 0.3 is 5.97 Å². The van der Waals surface area contributed by atoms with Gasteiger partial charge in [0.25, 0.3) is 0 Å². The lowest BCUT2D eigenvalue weighted by Crippen LogP contribution is -2.49. The van der Waals surface area contributed by atoms with Gasteiger partial charge in [0.1, 0.15) is 0 Å². The predicted molar refractivity (Wildman–Crippen MR) is 81.8 cm³/mol. The van der Waals surface area contributed by atoms with E-state index in [2.05, 4.69) is 25.7 Å². The van der Waals surface area contributed by atoms with Gasteiger partial charge in [-0.05, 0) is 63.5 Å². The molecule has 1 aliphatic heterocycles. The van der Waals surface area contributed by atoms with E-state index in [0.29, 0.717) is 6.04 Å². The van der Waals surface area contributed by atoms with Crippen molar-refractivity contribution in [1.29, 1.82) is 0 Å². The van der Waals surface area contributed by atoms with Crippen molar-refractivity contribution in [3.8, 4) is 0 Å². The number of carboxylic acids is 1. The summed E-state index contributed by atoms with van der Waals surface area (Å²) < 4.78 is 0. The molecule has 1 N–H and O–H groups in total. The van der Waals surface area contributed by atoms with Gasteiger partial charge in [-0.3, -0.25) is 4.79 Å². The highest BCUT2D eigenvalue weighted by molar-refractivity contribution is 5.74. The fourth-order valence-electron chi connectivity index (χ4n) is 4.57. The second-order valence-electron chi connectivity index (χ2n) is 7.44. The molecular weight excluding hydrogens is 250 g/mol. The van der Waals surface area contributed by atoms with E-state index in [4.69, 9.17) is 0 Å². The van der Waals surface area contributed by atoms with E-state index in [1.807, 2.05) is 0 Å². The zero-order chi connectivity index (χ0) is 14.8. The molecule has 1 aliphatic carbocycles. The lowest BCUT2D eigenvalue weighted by Gasteiger charge is -2.45. The van der Waals surface area contributed by atoms with E-state index >= 15 is 0 Å². The molecule has 0 spiro atoms. The second-order valence-corrected chi connectivity index (χ2v) is 7.44. The van der Waals surface area contributed by atoms with Gasteiger partial charge in [0.2, 0.25) is 0 Å². The molecule has 0 bridgehead atoms. The third-order valence-electron chi connectivity index (χ3n) is 5.61. The zero-order valence-corrected chi connectivity index (χ0v) is 13.4. The number of hydrogen-bond acceptors (Lipinski definition) is 2. The lowest BCUT2D eigenvalue weighted by atomic mass is 9.73. The summed E-state index contributed by atoms with van der Waals surface area (Å²) in [6.45, 7) is 8.80. The molecular formula is C17H31NO2. The molecule has 0 aromatic rings. The van der Waals surface area contributed by atoms with Crippen molar-refractivity contribution in [2.75, 3.05) is 13.1 Å². The van der Waals surface area contributed by atoms with E-state index in [-0.39, 0.29) is 0 Å². The molecule has 2 atom stereocenters. The number of nitrogens with zero attached hydrogens (tertiary/aromatic N) is 1. The van der Waals surface area contributed by atoms with Crippen molar-refractivity contribution in [2.45, 2.75) is 71.8 Å². The van der Waals surface area contributed by atoms with Crippen molar-refractivity contribution in [3.63, 3.8) is 0 Å². The molecule has 20 heavy (non-hydrogen) atoms. The molecule has 3 heteroatoms. The molecule has 0 radical (unpaired) electrons. The Bertz CT molecular complexity index is 324. The Morgan fingerprint density at radius 1 is 1.15 bits per heavy atom. The largest absolute Gasteiger partial charge is 0.481 e. The molecule has 2 fully saturated rings. The lowest BCUT2D eigenvalue weighted by molar-refractivity contribution is -0.153. The molecule has 0 aromatic heterocycles. The van der Waals surface area contributed by atoms with Crippen LogP contribution in [0.15, 0.2) is 0 Å². The second kappa shape index (κ2) is 6.46. The first kappa shape index (κ1) is 15.8. The van der Waals surface area contributed by atoms with Crippen LogP contribution < -0.4 is 0 Å². The summed E-state index contributed by atoms with van der Waals surface area (Å²) >= 11 is 0. The first-order chi connectivity index (χ1) is 9.47. The molecule has 2 aliphatic rings. The molecule has 0 amide bonds. The number of likely N-dealkylation sites (tertiary alicyclic amines) is 1. The Balaban J connectivity index is 1.94. The Kier molecular flexibility index (Phi) is 5.11. The van der Waals surface area contributed by atoms with Crippen molar-refractivity contribution >= 4 is 5.97 Å². The molecule has 2 rings (SSSR count). The van der Waals surface area contributed by atoms with Crippen LogP contribution in [0.3, 0.4) is 0 Å². The SMILES string of the molecule is CCCC1(C(=O)O)CCN(C2CC(C)CC(C)C2)CC1. The van der Waals surface area contributed by atoms with Gasteiger partial charge in [0.05, 0.1) is 5.41 Å². The van der Waals surface area contributed by atoms with Gasteiger partial charge in [-0.2, -0.15) is 0 Å². The highest BCUT2D eigenvalue weighted by atomic mass is 16.4. The topological polar surface area (TPSA) is 40.5 Å². The molecule has 0 aromatic carbocycles. The first-order valence-corrected chi connectivity index (χ1v) is 8.44.